The van der Waals surface area contributed by atoms with Crippen LogP contribution in [0.2, 0.25) is 0 Å². The molecule has 9 nitrogen and oxygen atoms in total. The van der Waals surface area contributed by atoms with Gasteiger partial charge in [-0.2, -0.15) is 5.26 Å². The molecule has 0 atom stereocenters. The van der Waals surface area contributed by atoms with Crippen LogP contribution in [0.15, 0.2) is 43.9 Å². The largest absolute Gasteiger partial charge is 0.478 e. The van der Waals surface area contributed by atoms with Crippen molar-refractivity contribution in [2.45, 2.75) is 20.5 Å². The number of ether oxygens (including phenoxy) is 2. The van der Waals surface area contributed by atoms with Crippen molar-refractivity contribution in [1.82, 2.24) is 9.97 Å². The van der Waals surface area contributed by atoms with Crippen LogP contribution in [-0.2, 0) is 11.3 Å². The Hall–Kier alpha value is -3.72. The lowest BCUT2D eigenvalue weighted by Crippen LogP contribution is -2.36. The molecule has 4 heterocycles. The molecule has 0 amide bonds. The Bertz CT molecular complexity index is 1530. The number of morpholine rings is 1. The molecule has 0 spiro atoms. The van der Waals surface area contributed by atoms with Crippen LogP contribution in [0.5, 0.6) is 5.88 Å². The second-order valence-electron chi connectivity index (χ2n) is 8.64. The number of aryl methyl sites for hydroxylation is 2. The van der Waals surface area contributed by atoms with Gasteiger partial charge in [-0.25, -0.2) is 14.8 Å². The van der Waals surface area contributed by atoms with Crippen LogP contribution in [0.3, 0.4) is 0 Å². The maximum Gasteiger partial charge on any atom is 0.336 e. The van der Waals surface area contributed by atoms with Crippen LogP contribution in [-0.4, -0.2) is 47.3 Å². The highest BCUT2D eigenvalue weighted by atomic mass is 79.9. The van der Waals surface area contributed by atoms with Gasteiger partial charge in [0.1, 0.15) is 18.2 Å². The lowest BCUT2D eigenvalue weighted by molar-refractivity contribution is 0.0694. The summed E-state index contributed by atoms with van der Waals surface area (Å²) in [6.45, 7) is 6.53. The van der Waals surface area contributed by atoms with E-state index in [2.05, 4.69) is 36.9 Å². The number of halogens is 1. The molecular weight excluding hydrogens is 572 g/mol. The summed E-state index contributed by atoms with van der Waals surface area (Å²) in [6, 6.07) is 12.0. The number of aromatic carboxylic acids is 1. The zero-order chi connectivity index (χ0) is 26.8. The first-order chi connectivity index (χ1) is 18.4. The maximum absolute atomic E-state index is 11.7. The van der Waals surface area contributed by atoms with Gasteiger partial charge in [-0.1, -0.05) is 12.1 Å². The number of nitriles is 1. The standard InChI is InChI=1S/C27H23BrN4O5S/c1-15-24(37-16(2)30-15)19-11-23(17-3-5-18(6-4-17)32-7-9-35-10-8-32)31-26(20(19)12-29)36-13-21-22(27(33)34)14-38-25(21)28/h3-6,11,14H,7-10,13H2,1-2H3,(H,33,34). The number of benzene rings is 1. The van der Waals surface area contributed by atoms with Crippen molar-refractivity contribution in [2.75, 3.05) is 31.2 Å². The van der Waals surface area contributed by atoms with Crippen LogP contribution >= 0.6 is 27.3 Å². The van der Waals surface area contributed by atoms with Gasteiger partial charge in [-0.15, -0.1) is 11.3 Å². The van der Waals surface area contributed by atoms with Gasteiger partial charge >= 0.3 is 5.97 Å². The molecule has 1 aliphatic heterocycles. The average molecular weight is 595 g/mol. The summed E-state index contributed by atoms with van der Waals surface area (Å²) in [5.41, 5.74) is 4.44. The number of hydrogen-bond acceptors (Lipinski definition) is 9. The summed E-state index contributed by atoms with van der Waals surface area (Å²) >= 11 is 4.66. The molecular formula is C27H23BrN4O5S. The van der Waals surface area contributed by atoms with Gasteiger partial charge in [0.05, 0.1) is 34.0 Å². The van der Waals surface area contributed by atoms with Crippen molar-refractivity contribution in [3.8, 4) is 34.5 Å². The predicted octanol–water partition coefficient (Wildman–Crippen LogP) is 5.83. The molecule has 1 aromatic carbocycles. The molecule has 4 aromatic rings. The summed E-state index contributed by atoms with van der Waals surface area (Å²) in [7, 11) is 0. The van der Waals surface area contributed by atoms with Crippen molar-refractivity contribution >= 4 is 38.9 Å². The normalized spacial score (nSPS) is 13.4. The third kappa shape index (κ3) is 5.15. The van der Waals surface area contributed by atoms with Crippen LogP contribution in [0.25, 0.3) is 22.6 Å². The van der Waals surface area contributed by atoms with E-state index in [1.807, 2.05) is 31.2 Å². The monoisotopic (exact) mass is 594 g/mol. The summed E-state index contributed by atoms with van der Waals surface area (Å²) in [4.78, 5) is 23.0. The van der Waals surface area contributed by atoms with E-state index in [0.29, 0.717) is 51.2 Å². The van der Waals surface area contributed by atoms with E-state index >= 15 is 0 Å². The number of hydrogen-bond donors (Lipinski definition) is 1. The van der Waals surface area contributed by atoms with Crippen molar-refractivity contribution < 1.29 is 23.8 Å². The molecule has 0 saturated carbocycles. The van der Waals surface area contributed by atoms with E-state index in [1.165, 1.54) is 11.3 Å². The van der Waals surface area contributed by atoms with Crippen molar-refractivity contribution in [3.63, 3.8) is 0 Å². The van der Waals surface area contributed by atoms with Crippen molar-refractivity contribution in [1.29, 1.82) is 5.26 Å². The molecule has 3 aromatic heterocycles. The number of carboxylic acids is 1. The predicted molar refractivity (Wildman–Crippen MR) is 146 cm³/mol. The van der Waals surface area contributed by atoms with Gasteiger partial charge in [0.2, 0.25) is 5.88 Å². The molecule has 38 heavy (non-hydrogen) atoms. The van der Waals surface area contributed by atoms with Gasteiger partial charge in [-0.05, 0) is 41.1 Å². The molecule has 1 aliphatic rings. The minimum atomic E-state index is -1.05. The van der Waals surface area contributed by atoms with Crippen molar-refractivity contribution in [2.24, 2.45) is 0 Å². The summed E-state index contributed by atoms with van der Waals surface area (Å²) < 4.78 is 18.0. The fourth-order valence-electron chi connectivity index (χ4n) is 4.32. The second-order valence-corrected chi connectivity index (χ2v) is 10.8. The lowest BCUT2D eigenvalue weighted by atomic mass is 10.0. The van der Waals surface area contributed by atoms with Crippen LogP contribution < -0.4 is 9.64 Å². The number of nitrogens with zero attached hydrogens (tertiary/aromatic N) is 4. The molecule has 1 fully saturated rings. The van der Waals surface area contributed by atoms with Crippen LogP contribution in [0.4, 0.5) is 5.69 Å². The molecule has 194 valence electrons. The zero-order valence-electron chi connectivity index (χ0n) is 20.7. The first-order valence-corrected chi connectivity index (χ1v) is 13.5. The second kappa shape index (κ2) is 10.9. The minimum absolute atomic E-state index is 0.0827. The number of rotatable bonds is 7. The minimum Gasteiger partial charge on any atom is -0.478 e. The highest BCUT2D eigenvalue weighted by Gasteiger charge is 2.23. The number of carboxylic acid groups (broad SMARTS) is 1. The third-order valence-corrected chi connectivity index (χ3v) is 8.06. The number of aromatic nitrogens is 2. The average Bonchev–Trinajstić information content (AvgIpc) is 3.47. The number of anilines is 1. The lowest BCUT2D eigenvalue weighted by Gasteiger charge is -2.28. The van der Waals surface area contributed by atoms with Gasteiger partial charge < -0.3 is 23.9 Å². The number of oxazole rings is 1. The highest BCUT2D eigenvalue weighted by Crippen LogP contribution is 2.37. The van der Waals surface area contributed by atoms with E-state index in [4.69, 9.17) is 13.9 Å². The van der Waals surface area contributed by atoms with E-state index in [1.54, 1.807) is 18.4 Å². The quantitative estimate of drug-likeness (QED) is 0.281. The summed E-state index contributed by atoms with van der Waals surface area (Å²) in [6.07, 6.45) is 0. The molecule has 0 radical (unpaired) electrons. The Labute approximate surface area is 231 Å². The fourth-order valence-corrected chi connectivity index (χ4v) is 5.70. The Morgan fingerprint density at radius 2 is 1.97 bits per heavy atom. The van der Waals surface area contributed by atoms with Crippen molar-refractivity contribution in [3.05, 3.63) is 67.8 Å². The van der Waals surface area contributed by atoms with Gasteiger partial charge in [0, 0.05) is 47.8 Å². The third-order valence-electron chi connectivity index (χ3n) is 6.21. The maximum atomic E-state index is 11.7. The Morgan fingerprint density at radius 3 is 2.61 bits per heavy atom. The molecule has 1 N–H and O–H groups in total. The van der Waals surface area contributed by atoms with E-state index in [9.17, 15) is 15.2 Å². The molecule has 11 heteroatoms. The summed E-state index contributed by atoms with van der Waals surface area (Å²) in [5.74, 6) is -0.0347. The molecule has 1 saturated heterocycles. The Balaban J connectivity index is 1.57. The number of pyridine rings is 1. The van der Waals surface area contributed by atoms with Gasteiger partial charge in [0.25, 0.3) is 0 Å². The van der Waals surface area contributed by atoms with E-state index in [-0.39, 0.29) is 23.6 Å². The zero-order valence-corrected chi connectivity index (χ0v) is 23.1. The van der Waals surface area contributed by atoms with Crippen LogP contribution in [0.1, 0.15) is 33.1 Å². The van der Waals surface area contributed by atoms with Crippen LogP contribution in [0, 0.1) is 25.2 Å². The topological polar surface area (TPSA) is 122 Å². The fraction of sp³-hybridized carbons (Fsp3) is 0.259. The summed E-state index contributed by atoms with van der Waals surface area (Å²) in [5, 5.41) is 21.2. The highest BCUT2D eigenvalue weighted by molar-refractivity contribution is 9.11. The SMILES string of the molecule is Cc1nc(C)c(-c2cc(-c3ccc(N4CCOCC4)cc3)nc(OCc3c(C(=O)O)csc3Br)c2C#N)o1. The first-order valence-electron chi connectivity index (χ1n) is 11.8. The first kappa shape index (κ1) is 25.9. The number of carbonyl (C=O) groups is 1. The van der Waals surface area contributed by atoms with Gasteiger partial charge in [0.15, 0.2) is 11.7 Å². The molecule has 5 rings (SSSR count). The number of thiophene rings is 1. The molecule has 0 bridgehead atoms. The van der Waals surface area contributed by atoms with E-state index in [0.717, 1.165) is 24.3 Å². The van der Waals surface area contributed by atoms with Gasteiger partial charge in [-0.3, -0.25) is 0 Å². The molecule has 0 aliphatic carbocycles. The Kier molecular flexibility index (Phi) is 7.46. The van der Waals surface area contributed by atoms with E-state index < -0.39 is 5.97 Å². The molecule has 0 unspecified atom stereocenters. The smallest absolute Gasteiger partial charge is 0.336 e. The Morgan fingerprint density at radius 1 is 1.24 bits per heavy atom.